The average molecular weight is 420 g/mol. The second-order valence-corrected chi connectivity index (χ2v) is 7.65. The van der Waals surface area contributed by atoms with Crippen LogP contribution in [0.5, 0.6) is 0 Å². The number of quaternary nitrogens is 1. The number of aliphatic carboxylic acids is 2. The SMILES string of the molecule is CCOC(=O)C(CCSC)[NH2+]CCC(=O)C1CCCCCC1.O=C([O-])C(=O)O. The molecular formula is C19H33NO7S. The second-order valence-electron chi connectivity index (χ2n) is 6.66. The molecule has 162 valence electrons. The molecule has 0 radical (unpaired) electrons. The molecule has 0 aliphatic heterocycles. The van der Waals surface area contributed by atoms with E-state index in [1.807, 2.05) is 18.5 Å². The minimum Gasteiger partial charge on any atom is -0.539 e. The van der Waals surface area contributed by atoms with E-state index in [4.69, 9.17) is 24.5 Å². The maximum absolute atomic E-state index is 12.3. The number of thioether (sulfide) groups is 1. The molecule has 9 heteroatoms. The molecule has 0 amide bonds. The molecule has 28 heavy (non-hydrogen) atoms. The summed E-state index contributed by atoms with van der Waals surface area (Å²) < 4.78 is 5.13. The third-order valence-electron chi connectivity index (χ3n) is 4.55. The van der Waals surface area contributed by atoms with Crippen molar-refractivity contribution >= 4 is 35.5 Å². The minimum absolute atomic E-state index is 0.140. The highest BCUT2D eigenvalue weighted by Gasteiger charge is 2.24. The number of carbonyl (C=O) groups is 4. The molecule has 8 nitrogen and oxygen atoms in total. The monoisotopic (exact) mass is 419 g/mol. The zero-order valence-corrected chi connectivity index (χ0v) is 17.6. The number of ketones is 1. The summed E-state index contributed by atoms with van der Waals surface area (Å²) in [6, 6.07) is -0.158. The molecule has 0 heterocycles. The molecular weight excluding hydrogens is 386 g/mol. The predicted molar refractivity (Wildman–Crippen MR) is 104 cm³/mol. The summed E-state index contributed by atoms with van der Waals surface area (Å²) in [6.07, 6.45) is 10.5. The van der Waals surface area contributed by atoms with Crippen molar-refractivity contribution in [3.63, 3.8) is 0 Å². The number of carbonyl (C=O) groups excluding carboxylic acids is 3. The van der Waals surface area contributed by atoms with Crippen LogP contribution in [0.1, 0.15) is 58.3 Å². The molecule has 1 atom stereocenters. The van der Waals surface area contributed by atoms with E-state index in [-0.39, 0.29) is 17.9 Å². The van der Waals surface area contributed by atoms with Crippen LogP contribution in [0.15, 0.2) is 0 Å². The number of ether oxygens (including phenoxy) is 1. The molecule has 0 aromatic heterocycles. The first kappa shape index (κ1) is 26.4. The van der Waals surface area contributed by atoms with Crippen LogP contribution >= 0.6 is 11.8 Å². The van der Waals surface area contributed by atoms with E-state index in [0.29, 0.717) is 25.4 Å². The van der Waals surface area contributed by atoms with E-state index < -0.39 is 11.9 Å². The van der Waals surface area contributed by atoms with Crippen LogP contribution in [0.2, 0.25) is 0 Å². The number of Topliss-reactive ketones (excluding diaryl/α,β-unsaturated/α-hetero) is 1. The summed E-state index contributed by atoms with van der Waals surface area (Å²) in [5, 5.41) is 18.3. The first-order valence-electron chi connectivity index (χ1n) is 9.79. The first-order chi connectivity index (χ1) is 13.3. The molecule has 0 saturated heterocycles. The normalized spacial score (nSPS) is 15.5. The van der Waals surface area contributed by atoms with Crippen LogP contribution in [-0.2, 0) is 23.9 Å². The smallest absolute Gasteiger partial charge is 0.364 e. The van der Waals surface area contributed by atoms with Crippen LogP contribution < -0.4 is 10.4 Å². The van der Waals surface area contributed by atoms with Crippen molar-refractivity contribution in [3.8, 4) is 0 Å². The van der Waals surface area contributed by atoms with Crippen molar-refractivity contribution < 1.29 is 39.4 Å². The summed E-state index contributed by atoms with van der Waals surface area (Å²) in [4.78, 5) is 42.3. The maximum Gasteiger partial charge on any atom is 0.364 e. The molecule has 1 aliphatic carbocycles. The fourth-order valence-electron chi connectivity index (χ4n) is 3.06. The van der Waals surface area contributed by atoms with Gasteiger partial charge in [-0.3, -0.25) is 4.79 Å². The molecule has 1 fully saturated rings. The Labute approximate surface area is 170 Å². The van der Waals surface area contributed by atoms with Gasteiger partial charge in [0.2, 0.25) is 0 Å². The zero-order chi connectivity index (χ0) is 21.4. The van der Waals surface area contributed by atoms with Gasteiger partial charge >= 0.3 is 11.9 Å². The number of nitrogens with two attached hydrogens (primary N) is 1. The lowest BCUT2D eigenvalue weighted by atomic mass is 9.93. The van der Waals surface area contributed by atoms with Crippen molar-refractivity contribution in [1.29, 1.82) is 0 Å². The van der Waals surface area contributed by atoms with Crippen molar-refractivity contribution in [1.82, 2.24) is 0 Å². The molecule has 0 bridgehead atoms. The highest BCUT2D eigenvalue weighted by molar-refractivity contribution is 7.98. The van der Waals surface area contributed by atoms with Gasteiger partial charge in [-0.1, -0.05) is 25.7 Å². The van der Waals surface area contributed by atoms with E-state index in [1.165, 1.54) is 25.7 Å². The number of carboxylic acid groups (broad SMARTS) is 2. The number of esters is 1. The van der Waals surface area contributed by atoms with Gasteiger partial charge in [-0.2, -0.15) is 11.8 Å². The van der Waals surface area contributed by atoms with Gasteiger partial charge < -0.3 is 25.1 Å². The summed E-state index contributed by atoms with van der Waals surface area (Å²) in [5.41, 5.74) is 0. The molecule has 3 N–H and O–H groups in total. The molecule has 1 rings (SSSR count). The lowest BCUT2D eigenvalue weighted by Crippen LogP contribution is -2.92. The Balaban J connectivity index is 0.00000105. The van der Waals surface area contributed by atoms with E-state index in [1.54, 1.807) is 11.8 Å². The van der Waals surface area contributed by atoms with E-state index in [9.17, 15) is 9.59 Å². The van der Waals surface area contributed by atoms with Gasteiger partial charge in [0.05, 0.1) is 19.6 Å². The predicted octanol–water partition coefficient (Wildman–Crippen LogP) is -0.0149. The third-order valence-corrected chi connectivity index (χ3v) is 5.19. The second kappa shape index (κ2) is 16.4. The first-order valence-corrected chi connectivity index (χ1v) is 11.2. The summed E-state index contributed by atoms with van der Waals surface area (Å²) >= 11 is 1.74. The lowest BCUT2D eigenvalue weighted by Gasteiger charge is -2.15. The Morgan fingerprint density at radius 1 is 1.18 bits per heavy atom. The van der Waals surface area contributed by atoms with E-state index >= 15 is 0 Å². The van der Waals surface area contributed by atoms with Gasteiger partial charge in [0.15, 0.2) is 12.0 Å². The van der Waals surface area contributed by atoms with E-state index in [2.05, 4.69) is 0 Å². The summed E-state index contributed by atoms with van der Waals surface area (Å²) in [7, 11) is 0. The van der Waals surface area contributed by atoms with Gasteiger partial charge in [0, 0.05) is 12.3 Å². The third kappa shape index (κ3) is 12.7. The van der Waals surface area contributed by atoms with Crippen molar-refractivity contribution in [3.05, 3.63) is 0 Å². The Morgan fingerprint density at radius 3 is 2.21 bits per heavy atom. The quantitative estimate of drug-likeness (QED) is 0.286. The lowest BCUT2D eigenvalue weighted by molar-refractivity contribution is -0.677. The van der Waals surface area contributed by atoms with Crippen LogP contribution in [-0.4, -0.2) is 60.0 Å². The molecule has 0 spiro atoms. The van der Waals surface area contributed by atoms with Gasteiger partial charge in [0.1, 0.15) is 5.78 Å². The van der Waals surface area contributed by atoms with Crippen molar-refractivity contribution in [2.75, 3.05) is 25.2 Å². The average Bonchev–Trinajstić information content (AvgIpc) is 2.94. The molecule has 0 aromatic carbocycles. The Bertz CT molecular complexity index is 479. The number of hydrogen-bond acceptors (Lipinski definition) is 7. The van der Waals surface area contributed by atoms with Crippen LogP contribution in [0.25, 0.3) is 0 Å². The molecule has 1 unspecified atom stereocenters. The van der Waals surface area contributed by atoms with Crippen LogP contribution in [0.3, 0.4) is 0 Å². The van der Waals surface area contributed by atoms with Gasteiger partial charge in [0.25, 0.3) is 0 Å². The fourth-order valence-corrected chi connectivity index (χ4v) is 3.55. The van der Waals surface area contributed by atoms with Crippen molar-refractivity contribution in [2.45, 2.75) is 64.3 Å². The molecule has 1 aliphatic rings. The standard InChI is InChI=1S/C17H31NO3S.C2H2O4/c1-3-21-17(20)15(11-13-22-2)18-12-10-16(19)14-8-6-4-5-7-9-14;3-1(4)2(5)6/h14-15,18H,3-13H2,1-2H3;(H,3,4)(H,5,6). The summed E-state index contributed by atoms with van der Waals surface area (Å²) in [6.45, 7) is 2.95. The van der Waals surface area contributed by atoms with Gasteiger partial charge in [-0.05, 0) is 31.8 Å². The van der Waals surface area contributed by atoms with Gasteiger partial charge in [-0.15, -0.1) is 0 Å². The van der Waals surface area contributed by atoms with Gasteiger partial charge in [-0.25, -0.2) is 9.59 Å². The van der Waals surface area contributed by atoms with Crippen LogP contribution in [0.4, 0.5) is 0 Å². The highest BCUT2D eigenvalue weighted by atomic mass is 32.2. The topological polar surface area (TPSA) is 137 Å². The Kier molecular flexibility index (Phi) is 15.4. The number of carboxylic acids is 2. The van der Waals surface area contributed by atoms with Crippen LogP contribution in [0, 0.1) is 5.92 Å². The largest absolute Gasteiger partial charge is 0.539 e. The minimum atomic E-state index is -2.07. The highest BCUT2D eigenvalue weighted by Crippen LogP contribution is 2.24. The molecule has 0 aromatic rings. The summed E-state index contributed by atoms with van der Waals surface area (Å²) in [5.74, 6) is -2.55. The zero-order valence-electron chi connectivity index (χ0n) is 16.8. The van der Waals surface area contributed by atoms with E-state index in [0.717, 1.165) is 25.0 Å². The number of hydrogen-bond donors (Lipinski definition) is 2. The Hall–Kier alpha value is -1.61. The number of rotatable bonds is 10. The fraction of sp³-hybridized carbons (Fsp3) is 0.789. The Morgan fingerprint density at radius 2 is 1.75 bits per heavy atom. The maximum atomic E-state index is 12.3. The molecule has 1 saturated carbocycles. The van der Waals surface area contributed by atoms with Crippen molar-refractivity contribution in [2.24, 2.45) is 5.92 Å².